The Kier molecular flexibility index (Phi) is 5.26. The van der Waals surface area contributed by atoms with Gasteiger partial charge >= 0.3 is 0 Å². The minimum Gasteiger partial charge on any atom is -0.324 e. The first-order chi connectivity index (χ1) is 12.9. The van der Waals surface area contributed by atoms with Crippen LogP contribution in [0.4, 0.5) is 17.3 Å². The predicted octanol–water partition coefficient (Wildman–Crippen LogP) is 4.29. The zero-order chi connectivity index (χ0) is 19.4. The van der Waals surface area contributed by atoms with Crippen LogP contribution >= 0.6 is 0 Å². The molecule has 1 heterocycles. The van der Waals surface area contributed by atoms with Gasteiger partial charge in [-0.25, -0.2) is 9.97 Å². The lowest BCUT2D eigenvalue weighted by Gasteiger charge is -2.09. The van der Waals surface area contributed by atoms with Crippen LogP contribution < -0.4 is 10.6 Å². The Balaban J connectivity index is 1.79. The Morgan fingerprint density at radius 1 is 0.889 bits per heavy atom. The van der Waals surface area contributed by atoms with E-state index >= 15 is 0 Å². The van der Waals surface area contributed by atoms with E-state index in [0.717, 1.165) is 11.3 Å². The highest BCUT2D eigenvalue weighted by molar-refractivity contribution is 6.03. The maximum absolute atomic E-state index is 12.5. The van der Waals surface area contributed by atoms with Gasteiger partial charge in [-0.3, -0.25) is 9.59 Å². The van der Waals surface area contributed by atoms with Crippen LogP contribution in [0.3, 0.4) is 0 Å². The van der Waals surface area contributed by atoms with Crippen LogP contribution in [0, 0.1) is 13.8 Å². The van der Waals surface area contributed by atoms with Crippen molar-refractivity contribution in [2.75, 3.05) is 10.6 Å². The first-order valence-electron chi connectivity index (χ1n) is 8.52. The highest BCUT2D eigenvalue weighted by Gasteiger charge is 2.11. The van der Waals surface area contributed by atoms with Gasteiger partial charge in [0, 0.05) is 22.6 Å². The predicted molar refractivity (Wildman–Crippen MR) is 106 cm³/mol. The van der Waals surface area contributed by atoms with Gasteiger partial charge < -0.3 is 10.6 Å². The van der Waals surface area contributed by atoms with Gasteiger partial charge in [-0.15, -0.1) is 0 Å². The molecule has 0 unspecified atom stereocenters. The third kappa shape index (κ3) is 4.76. The van der Waals surface area contributed by atoms with Crippen molar-refractivity contribution in [3.05, 3.63) is 77.1 Å². The molecule has 6 heteroatoms. The third-order valence-corrected chi connectivity index (χ3v) is 3.91. The second kappa shape index (κ2) is 7.78. The molecule has 0 saturated carbocycles. The van der Waals surface area contributed by atoms with E-state index in [9.17, 15) is 9.59 Å². The summed E-state index contributed by atoms with van der Waals surface area (Å²) in [5, 5.41) is 5.91. The molecule has 0 fully saturated rings. The molecule has 6 nitrogen and oxygen atoms in total. The van der Waals surface area contributed by atoms with Crippen molar-refractivity contribution in [2.24, 2.45) is 0 Å². The lowest BCUT2D eigenvalue weighted by molar-refractivity contribution is 0.101. The Morgan fingerprint density at radius 3 is 2.30 bits per heavy atom. The zero-order valence-corrected chi connectivity index (χ0v) is 15.4. The fraction of sp³-hybridized carbons (Fsp3) is 0.143. The van der Waals surface area contributed by atoms with Crippen LogP contribution in [0.1, 0.15) is 39.0 Å². The van der Waals surface area contributed by atoms with Crippen molar-refractivity contribution in [1.29, 1.82) is 0 Å². The highest BCUT2D eigenvalue weighted by atomic mass is 16.2. The van der Waals surface area contributed by atoms with Crippen LogP contribution in [0.15, 0.2) is 54.6 Å². The number of benzene rings is 2. The summed E-state index contributed by atoms with van der Waals surface area (Å²) in [5.41, 5.74) is 4.07. The second-order valence-electron chi connectivity index (χ2n) is 6.30. The summed E-state index contributed by atoms with van der Waals surface area (Å²) >= 11 is 0. The summed E-state index contributed by atoms with van der Waals surface area (Å²) in [6.45, 7) is 5.28. The van der Waals surface area contributed by atoms with Crippen molar-refractivity contribution >= 4 is 29.0 Å². The van der Waals surface area contributed by atoms with Crippen molar-refractivity contribution in [3.8, 4) is 0 Å². The van der Waals surface area contributed by atoms with E-state index in [1.165, 1.54) is 6.92 Å². The molecule has 27 heavy (non-hydrogen) atoms. The van der Waals surface area contributed by atoms with Gasteiger partial charge in [0.25, 0.3) is 5.91 Å². The summed E-state index contributed by atoms with van der Waals surface area (Å²) in [5.74, 6) is 0.0181. The SMILES string of the molecule is CC(=O)c1ccc(Nc2nc(C)cc(C(=O)Nc3cccc(C)c3)n2)cc1. The molecule has 0 bridgehead atoms. The first-order valence-corrected chi connectivity index (χ1v) is 8.52. The van der Waals surface area contributed by atoms with Crippen LogP contribution in [0.5, 0.6) is 0 Å². The van der Waals surface area contributed by atoms with E-state index in [1.54, 1.807) is 37.3 Å². The average molecular weight is 360 g/mol. The summed E-state index contributed by atoms with van der Waals surface area (Å²) in [7, 11) is 0. The number of aryl methyl sites for hydroxylation is 2. The second-order valence-corrected chi connectivity index (χ2v) is 6.30. The number of nitrogens with zero attached hydrogens (tertiary/aromatic N) is 2. The van der Waals surface area contributed by atoms with E-state index in [0.29, 0.717) is 22.9 Å². The summed E-state index contributed by atoms with van der Waals surface area (Å²) in [6.07, 6.45) is 0. The summed E-state index contributed by atoms with van der Waals surface area (Å²) < 4.78 is 0. The number of rotatable bonds is 5. The van der Waals surface area contributed by atoms with Gasteiger partial charge in [0.05, 0.1) is 0 Å². The lowest BCUT2D eigenvalue weighted by Crippen LogP contribution is -2.15. The monoisotopic (exact) mass is 360 g/mol. The molecule has 2 N–H and O–H groups in total. The number of Topliss-reactive ketones (excluding diaryl/α,β-unsaturated/α-hetero) is 1. The third-order valence-electron chi connectivity index (χ3n) is 3.91. The maximum atomic E-state index is 12.5. The fourth-order valence-corrected chi connectivity index (χ4v) is 2.58. The number of ketones is 1. The van der Waals surface area contributed by atoms with Crippen LogP contribution in [0.2, 0.25) is 0 Å². The molecule has 1 amide bonds. The van der Waals surface area contributed by atoms with E-state index in [4.69, 9.17) is 0 Å². The molecule has 0 atom stereocenters. The van der Waals surface area contributed by atoms with Crippen molar-refractivity contribution in [1.82, 2.24) is 9.97 Å². The Morgan fingerprint density at radius 2 is 1.63 bits per heavy atom. The molecule has 0 aliphatic rings. The standard InChI is InChI=1S/C21H20N4O2/c1-13-5-4-6-18(11-13)23-20(27)19-12-14(2)22-21(25-19)24-17-9-7-16(8-10-17)15(3)26/h4-12H,1-3H3,(H,23,27)(H,22,24,25). The van der Waals surface area contributed by atoms with Gasteiger partial charge in [-0.05, 0) is 68.8 Å². The van der Waals surface area contributed by atoms with Crippen molar-refractivity contribution in [3.63, 3.8) is 0 Å². The number of nitrogens with one attached hydrogen (secondary N) is 2. The fourth-order valence-electron chi connectivity index (χ4n) is 2.58. The number of anilines is 3. The molecule has 0 aliphatic carbocycles. The van der Waals surface area contributed by atoms with Crippen molar-refractivity contribution in [2.45, 2.75) is 20.8 Å². The largest absolute Gasteiger partial charge is 0.324 e. The van der Waals surface area contributed by atoms with E-state index in [-0.39, 0.29) is 17.4 Å². The minimum atomic E-state index is -0.305. The van der Waals surface area contributed by atoms with E-state index in [2.05, 4.69) is 20.6 Å². The number of aromatic nitrogens is 2. The number of hydrogen-bond donors (Lipinski definition) is 2. The number of carbonyl (C=O) groups is 2. The van der Waals surface area contributed by atoms with Crippen LogP contribution in [0.25, 0.3) is 0 Å². The van der Waals surface area contributed by atoms with Gasteiger partial charge in [-0.1, -0.05) is 12.1 Å². The molecule has 136 valence electrons. The lowest BCUT2D eigenvalue weighted by atomic mass is 10.1. The van der Waals surface area contributed by atoms with E-state index in [1.807, 2.05) is 31.2 Å². The number of carbonyl (C=O) groups excluding carboxylic acids is 2. The molecular weight excluding hydrogens is 340 g/mol. The summed E-state index contributed by atoms with van der Waals surface area (Å²) in [4.78, 5) is 32.5. The van der Waals surface area contributed by atoms with Gasteiger partial charge in [0.2, 0.25) is 5.95 Å². The molecule has 1 aromatic heterocycles. The molecule has 0 radical (unpaired) electrons. The molecule has 0 aliphatic heterocycles. The number of amides is 1. The molecular formula is C21H20N4O2. The zero-order valence-electron chi connectivity index (χ0n) is 15.4. The first kappa shape index (κ1) is 18.3. The molecule has 2 aromatic carbocycles. The maximum Gasteiger partial charge on any atom is 0.274 e. The minimum absolute atomic E-state index is 0.00321. The Labute approximate surface area is 157 Å². The van der Waals surface area contributed by atoms with Gasteiger partial charge in [0.15, 0.2) is 5.78 Å². The average Bonchev–Trinajstić information content (AvgIpc) is 2.61. The molecule has 0 spiro atoms. The quantitative estimate of drug-likeness (QED) is 0.663. The highest BCUT2D eigenvalue weighted by Crippen LogP contribution is 2.16. The summed E-state index contributed by atoms with van der Waals surface area (Å²) in [6, 6.07) is 16.2. The van der Waals surface area contributed by atoms with Crippen LogP contribution in [-0.4, -0.2) is 21.7 Å². The number of hydrogen-bond acceptors (Lipinski definition) is 5. The molecule has 3 aromatic rings. The Bertz CT molecular complexity index is 997. The smallest absolute Gasteiger partial charge is 0.274 e. The Hall–Kier alpha value is -3.54. The van der Waals surface area contributed by atoms with Gasteiger partial charge in [0.1, 0.15) is 5.69 Å². The van der Waals surface area contributed by atoms with E-state index < -0.39 is 0 Å². The molecule has 0 saturated heterocycles. The van der Waals surface area contributed by atoms with Gasteiger partial charge in [-0.2, -0.15) is 0 Å². The molecule has 3 rings (SSSR count). The topological polar surface area (TPSA) is 84.0 Å². The van der Waals surface area contributed by atoms with Crippen LogP contribution in [-0.2, 0) is 0 Å². The van der Waals surface area contributed by atoms with Crippen molar-refractivity contribution < 1.29 is 9.59 Å². The normalized spacial score (nSPS) is 10.3.